The highest BCUT2D eigenvalue weighted by Crippen LogP contribution is 2.36. The highest BCUT2D eigenvalue weighted by atomic mass is 16.6. The van der Waals surface area contributed by atoms with E-state index in [4.69, 9.17) is 9.47 Å². The molecule has 0 aromatic carbocycles. The summed E-state index contributed by atoms with van der Waals surface area (Å²) in [7, 11) is 0. The Hall–Kier alpha value is -2.71. The highest BCUT2D eigenvalue weighted by Gasteiger charge is 2.43. The Kier molecular flexibility index (Phi) is 5.55. The van der Waals surface area contributed by atoms with Crippen LogP contribution in [0.3, 0.4) is 0 Å². The van der Waals surface area contributed by atoms with Crippen LogP contribution in [0.2, 0.25) is 0 Å². The van der Waals surface area contributed by atoms with Gasteiger partial charge in [0, 0.05) is 6.07 Å². The molecule has 0 radical (unpaired) electrons. The van der Waals surface area contributed by atoms with Gasteiger partial charge in [-0.05, 0) is 42.7 Å². The number of hydrogen-bond acceptors (Lipinski definition) is 7. The van der Waals surface area contributed by atoms with E-state index in [9.17, 15) is 19.7 Å². The molecule has 3 unspecified atom stereocenters. The van der Waals surface area contributed by atoms with Crippen LogP contribution in [0.15, 0.2) is 12.1 Å². The zero-order chi connectivity index (χ0) is 18.7. The topological polar surface area (TPSA) is 112 Å². The molecule has 0 saturated carbocycles. The lowest BCUT2D eigenvalue weighted by Gasteiger charge is -2.33. The second kappa shape index (κ2) is 7.45. The Morgan fingerprint density at radius 2 is 2.12 bits per heavy atom. The van der Waals surface area contributed by atoms with Crippen LogP contribution < -0.4 is 9.64 Å². The van der Waals surface area contributed by atoms with Gasteiger partial charge < -0.3 is 19.6 Å². The third kappa shape index (κ3) is 3.70. The molecule has 2 heterocycles. The number of pyridine rings is 1. The van der Waals surface area contributed by atoms with Gasteiger partial charge in [0.05, 0.1) is 6.10 Å². The van der Waals surface area contributed by atoms with Crippen molar-refractivity contribution in [2.75, 3.05) is 4.90 Å². The van der Waals surface area contributed by atoms with Gasteiger partial charge in [-0.2, -0.15) is 0 Å². The van der Waals surface area contributed by atoms with Crippen LogP contribution in [0.1, 0.15) is 40.5 Å². The third-order valence-electron chi connectivity index (χ3n) is 4.01. The second-order valence-corrected chi connectivity index (χ2v) is 5.80. The maximum absolute atomic E-state index is 12.7. The average molecular weight is 351 g/mol. The first-order valence-electron chi connectivity index (χ1n) is 8.15. The first-order chi connectivity index (χ1) is 11.8. The van der Waals surface area contributed by atoms with Gasteiger partial charge in [0.1, 0.15) is 6.04 Å². The van der Waals surface area contributed by atoms with Gasteiger partial charge in [-0.15, -0.1) is 0 Å². The van der Waals surface area contributed by atoms with Gasteiger partial charge in [0.15, 0.2) is 11.9 Å². The van der Waals surface area contributed by atoms with E-state index in [1.165, 1.54) is 19.1 Å². The molecule has 3 atom stereocenters. The van der Waals surface area contributed by atoms with Crippen molar-refractivity contribution in [1.29, 1.82) is 0 Å². The van der Waals surface area contributed by atoms with Crippen molar-refractivity contribution in [3.8, 4) is 5.75 Å². The monoisotopic (exact) mass is 351 g/mol. The van der Waals surface area contributed by atoms with E-state index in [1.54, 1.807) is 13.8 Å². The molecule has 0 bridgehead atoms. The quantitative estimate of drug-likeness (QED) is 0.439. The number of nitrogens with zero attached hydrogens (tertiary/aromatic N) is 3. The van der Waals surface area contributed by atoms with Crippen LogP contribution in [-0.2, 0) is 14.3 Å². The molecule has 0 saturated heterocycles. The molecule has 1 aromatic rings. The van der Waals surface area contributed by atoms with Gasteiger partial charge in [-0.1, -0.05) is 13.8 Å². The number of fused-ring (bicyclic) bond motifs is 1. The highest BCUT2D eigenvalue weighted by molar-refractivity contribution is 6.03. The van der Waals surface area contributed by atoms with Crippen molar-refractivity contribution in [2.45, 2.75) is 58.8 Å². The van der Waals surface area contributed by atoms with E-state index in [-0.39, 0.29) is 17.7 Å². The molecule has 1 aliphatic rings. The SMILES string of the molecule is CCC(C)OC(=O)C(C)N1C(=O)C(CC)Oc2ccc([N+](=O)[O-])nc21. The minimum atomic E-state index is -0.979. The lowest BCUT2D eigenvalue weighted by molar-refractivity contribution is -0.389. The Morgan fingerprint density at radius 3 is 2.68 bits per heavy atom. The number of aromatic nitrogens is 1. The lowest BCUT2D eigenvalue weighted by Crippen LogP contribution is -2.53. The van der Waals surface area contributed by atoms with Crippen LogP contribution in [0.25, 0.3) is 0 Å². The first kappa shape index (κ1) is 18.6. The maximum atomic E-state index is 12.7. The van der Waals surface area contributed by atoms with Crippen molar-refractivity contribution < 1.29 is 24.0 Å². The molecule has 0 aliphatic carbocycles. The van der Waals surface area contributed by atoms with Crippen molar-refractivity contribution in [2.24, 2.45) is 0 Å². The summed E-state index contributed by atoms with van der Waals surface area (Å²) in [4.78, 5) is 40.4. The summed E-state index contributed by atoms with van der Waals surface area (Å²) in [5.74, 6) is -1.33. The molecule has 136 valence electrons. The van der Waals surface area contributed by atoms with Gasteiger partial charge >= 0.3 is 11.8 Å². The Balaban J connectivity index is 2.44. The molecule has 25 heavy (non-hydrogen) atoms. The molecule has 9 heteroatoms. The van der Waals surface area contributed by atoms with Crippen molar-refractivity contribution in [3.05, 3.63) is 22.2 Å². The summed E-state index contributed by atoms with van der Waals surface area (Å²) in [6, 6.07) is 1.60. The molecule has 0 spiro atoms. The van der Waals surface area contributed by atoms with Gasteiger partial charge in [-0.3, -0.25) is 9.69 Å². The Labute approximate surface area is 145 Å². The smallest absolute Gasteiger partial charge is 0.366 e. The van der Waals surface area contributed by atoms with E-state index in [2.05, 4.69) is 4.98 Å². The minimum absolute atomic E-state index is 0.0440. The number of nitro groups is 1. The summed E-state index contributed by atoms with van der Waals surface area (Å²) in [6.45, 7) is 6.89. The molecule has 0 fully saturated rings. The van der Waals surface area contributed by atoms with Gasteiger partial charge in [-0.25, -0.2) is 4.79 Å². The minimum Gasteiger partial charge on any atom is -0.474 e. The zero-order valence-electron chi connectivity index (χ0n) is 14.6. The van der Waals surface area contributed by atoms with Crippen molar-refractivity contribution >= 4 is 23.5 Å². The molecule has 1 amide bonds. The standard InChI is InChI=1S/C16H21N3O6/c1-5-9(3)24-16(21)10(4)18-14-12(25-11(6-2)15(18)20)7-8-13(17-14)19(22)23/h7-11H,5-6H2,1-4H3. The van der Waals surface area contributed by atoms with E-state index in [1.807, 2.05) is 6.92 Å². The number of esters is 1. The molecule has 1 aromatic heterocycles. The molecule has 1 aliphatic heterocycles. The normalized spacial score (nSPS) is 18.8. The fourth-order valence-electron chi connectivity index (χ4n) is 2.37. The van der Waals surface area contributed by atoms with Gasteiger partial charge in [0.25, 0.3) is 11.7 Å². The van der Waals surface area contributed by atoms with Crippen LogP contribution in [0.4, 0.5) is 11.6 Å². The summed E-state index contributed by atoms with van der Waals surface area (Å²) in [5.41, 5.74) is 0. The van der Waals surface area contributed by atoms with Crippen LogP contribution in [0, 0.1) is 10.1 Å². The lowest BCUT2D eigenvalue weighted by atomic mass is 10.1. The summed E-state index contributed by atoms with van der Waals surface area (Å²) in [6.07, 6.45) is -0.0630. The van der Waals surface area contributed by atoms with E-state index in [0.29, 0.717) is 12.8 Å². The van der Waals surface area contributed by atoms with Crippen molar-refractivity contribution in [3.63, 3.8) is 0 Å². The molecular weight excluding hydrogens is 330 g/mol. The van der Waals surface area contributed by atoms with Crippen LogP contribution in [-0.4, -0.2) is 40.0 Å². The summed E-state index contributed by atoms with van der Waals surface area (Å²) >= 11 is 0. The van der Waals surface area contributed by atoms with E-state index < -0.39 is 34.8 Å². The van der Waals surface area contributed by atoms with Crippen LogP contribution in [0.5, 0.6) is 5.75 Å². The number of ether oxygens (including phenoxy) is 2. The first-order valence-corrected chi connectivity index (χ1v) is 8.15. The average Bonchev–Trinajstić information content (AvgIpc) is 2.59. The number of carbonyl (C=O) groups excluding carboxylic acids is 2. The van der Waals surface area contributed by atoms with Crippen LogP contribution >= 0.6 is 0 Å². The number of anilines is 1. The maximum Gasteiger partial charge on any atom is 0.366 e. The van der Waals surface area contributed by atoms with Gasteiger partial charge in [0.2, 0.25) is 0 Å². The molecular formula is C16H21N3O6. The number of rotatable bonds is 6. The molecule has 9 nitrogen and oxygen atoms in total. The second-order valence-electron chi connectivity index (χ2n) is 5.80. The fourth-order valence-corrected chi connectivity index (χ4v) is 2.37. The third-order valence-corrected chi connectivity index (χ3v) is 4.01. The zero-order valence-corrected chi connectivity index (χ0v) is 14.6. The predicted molar refractivity (Wildman–Crippen MR) is 88.4 cm³/mol. The predicted octanol–water partition coefficient (Wildman–Crippen LogP) is 2.22. The molecule has 0 N–H and O–H groups in total. The number of amides is 1. The van der Waals surface area contributed by atoms with E-state index in [0.717, 1.165) is 4.90 Å². The van der Waals surface area contributed by atoms with Crippen molar-refractivity contribution in [1.82, 2.24) is 4.98 Å². The largest absolute Gasteiger partial charge is 0.474 e. The summed E-state index contributed by atoms with van der Waals surface area (Å²) < 4.78 is 10.9. The fraction of sp³-hybridized carbons (Fsp3) is 0.562. The summed E-state index contributed by atoms with van der Waals surface area (Å²) in [5, 5.41) is 11.0. The van der Waals surface area contributed by atoms with E-state index >= 15 is 0 Å². The number of carbonyl (C=O) groups is 2. The Bertz CT molecular complexity index is 692. The Morgan fingerprint density at radius 1 is 1.44 bits per heavy atom. The number of hydrogen-bond donors (Lipinski definition) is 0. The molecule has 2 rings (SSSR count).